The normalized spacial score (nSPS) is 12.9. The maximum Gasteiger partial charge on any atom is 0.253 e. The van der Waals surface area contributed by atoms with Gasteiger partial charge in [-0.2, -0.15) is 5.10 Å². The van der Waals surface area contributed by atoms with Crippen molar-refractivity contribution in [2.75, 3.05) is 5.01 Å². The van der Waals surface area contributed by atoms with Crippen LogP contribution in [0.1, 0.15) is 33.0 Å². The van der Waals surface area contributed by atoms with Crippen LogP contribution >= 0.6 is 22.9 Å². The summed E-state index contributed by atoms with van der Waals surface area (Å²) in [6.45, 7) is 6.28. The highest BCUT2D eigenvalue weighted by molar-refractivity contribution is 7.15. The summed E-state index contributed by atoms with van der Waals surface area (Å²) in [5.41, 5.74) is 4.34. The molecule has 0 saturated heterocycles. The molecule has 1 aromatic carbocycles. The number of rotatable bonds is 3. The minimum absolute atomic E-state index is 0.191. The number of thiophene rings is 1. The number of anilines is 1. The maximum atomic E-state index is 14.4. The Kier molecular flexibility index (Phi) is 4.83. The second-order valence-electron chi connectivity index (χ2n) is 7.33. The number of hydrogen-bond donors (Lipinski definition) is 0. The number of aromatic nitrogens is 4. The second kappa shape index (κ2) is 7.55. The topological polar surface area (TPSA) is 59.2 Å². The van der Waals surface area contributed by atoms with Gasteiger partial charge in [-0.05, 0) is 44.5 Å². The summed E-state index contributed by atoms with van der Waals surface area (Å²) in [4.78, 5) is 5.04. The van der Waals surface area contributed by atoms with Crippen LogP contribution < -0.4 is 5.01 Å². The van der Waals surface area contributed by atoms with Crippen molar-refractivity contribution in [3.05, 3.63) is 86.5 Å². The zero-order chi connectivity index (χ0) is 21.7. The number of hydrogen-bond acceptors (Lipinski definition) is 6. The van der Waals surface area contributed by atoms with Gasteiger partial charge in [0.2, 0.25) is 0 Å². The summed E-state index contributed by atoms with van der Waals surface area (Å²) in [5, 5.41) is 17.0. The lowest BCUT2D eigenvalue weighted by atomic mass is 10.00. The molecule has 0 N–H and O–H groups in total. The molecule has 0 saturated carbocycles. The van der Waals surface area contributed by atoms with Crippen LogP contribution in [-0.4, -0.2) is 25.5 Å². The molecule has 0 unspecified atom stereocenters. The molecule has 0 amide bonds. The minimum atomic E-state index is -0.389. The van der Waals surface area contributed by atoms with E-state index < -0.39 is 0 Å². The fraction of sp³-hybridized carbons (Fsp3) is 0.182. The van der Waals surface area contributed by atoms with Gasteiger partial charge in [-0.15, -0.1) is 21.5 Å². The maximum absolute atomic E-state index is 14.4. The zero-order valence-electron chi connectivity index (χ0n) is 17.1. The molecule has 156 valence electrons. The molecule has 3 aromatic heterocycles. The Morgan fingerprint density at radius 2 is 1.84 bits per heavy atom. The van der Waals surface area contributed by atoms with E-state index in [1.54, 1.807) is 28.6 Å². The fourth-order valence-corrected chi connectivity index (χ4v) is 4.95. The van der Waals surface area contributed by atoms with E-state index in [2.05, 4.69) is 29.0 Å². The molecular weight excluding hydrogens is 435 g/mol. The Morgan fingerprint density at radius 3 is 2.58 bits per heavy atom. The average molecular weight is 453 g/mol. The van der Waals surface area contributed by atoms with E-state index in [1.165, 1.54) is 11.1 Å². The van der Waals surface area contributed by atoms with Crippen molar-refractivity contribution in [2.24, 2.45) is 5.10 Å². The van der Waals surface area contributed by atoms with E-state index in [0.717, 1.165) is 33.2 Å². The number of fused-ring (bicyclic) bond motifs is 3. The van der Waals surface area contributed by atoms with Gasteiger partial charge in [0.1, 0.15) is 22.4 Å². The molecule has 6 nitrogen and oxygen atoms in total. The van der Waals surface area contributed by atoms with Gasteiger partial charge < -0.3 is 0 Å². The molecular formula is C22H18ClFN6S. The summed E-state index contributed by atoms with van der Waals surface area (Å²) >= 11 is 7.80. The van der Waals surface area contributed by atoms with Crippen molar-refractivity contribution in [3.63, 3.8) is 0 Å². The predicted octanol–water partition coefficient (Wildman–Crippen LogP) is 5.21. The van der Waals surface area contributed by atoms with E-state index in [4.69, 9.17) is 16.7 Å². The molecule has 0 bridgehead atoms. The van der Waals surface area contributed by atoms with Crippen molar-refractivity contribution < 1.29 is 4.39 Å². The first-order valence-electron chi connectivity index (χ1n) is 9.67. The smallest absolute Gasteiger partial charge is 0.253 e. The third-order valence-corrected chi connectivity index (χ3v) is 6.80. The summed E-state index contributed by atoms with van der Waals surface area (Å²) in [7, 11) is 0. The lowest BCUT2D eigenvalue weighted by Gasteiger charge is -2.18. The fourth-order valence-electron chi connectivity index (χ4n) is 3.63. The van der Waals surface area contributed by atoms with Crippen LogP contribution in [-0.2, 0) is 6.54 Å². The van der Waals surface area contributed by atoms with Crippen LogP contribution in [0.3, 0.4) is 0 Å². The van der Waals surface area contributed by atoms with Gasteiger partial charge in [0.05, 0.1) is 12.7 Å². The summed E-state index contributed by atoms with van der Waals surface area (Å²) in [5.74, 6) is 0.894. The number of hydrazone groups is 1. The molecule has 5 rings (SSSR count). The monoisotopic (exact) mass is 452 g/mol. The van der Waals surface area contributed by atoms with E-state index in [-0.39, 0.29) is 12.4 Å². The van der Waals surface area contributed by atoms with Gasteiger partial charge in [-0.1, -0.05) is 23.7 Å². The Labute approximate surface area is 187 Å². The van der Waals surface area contributed by atoms with Crippen LogP contribution in [0, 0.1) is 26.6 Å². The van der Waals surface area contributed by atoms with Crippen LogP contribution in [0.5, 0.6) is 0 Å². The Balaban J connectivity index is 1.77. The molecule has 9 heteroatoms. The number of aryl methyl sites for hydroxylation is 2. The molecule has 1 aliphatic heterocycles. The van der Waals surface area contributed by atoms with Gasteiger partial charge >= 0.3 is 0 Å². The summed E-state index contributed by atoms with van der Waals surface area (Å²) in [6.07, 6.45) is 2.78. The molecule has 4 aromatic rings. The van der Waals surface area contributed by atoms with Crippen LogP contribution in [0.4, 0.5) is 10.3 Å². The van der Waals surface area contributed by atoms with Crippen LogP contribution in [0.2, 0.25) is 5.02 Å². The molecule has 0 fully saturated rings. The van der Waals surface area contributed by atoms with Crippen molar-refractivity contribution in [1.29, 1.82) is 0 Å². The number of pyridine rings is 1. The molecule has 0 aliphatic carbocycles. The van der Waals surface area contributed by atoms with Crippen LogP contribution in [0.15, 0.2) is 47.8 Å². The van der Waals surface area contributed by atoms with Crippen molar-refractivity contribution in [3.8, 4) is 5.00 Å². The molecule has 0 spiro atoms. The summed E-state index contributed by atoms with van der Waals surface area (Å²) < 4.78 is 16.4. The van der Waals surface area contributed by atoms with Gasteiger partial charge in [0.15, 0.2) is 0 Å². The highest BCUT2D eigenvalue weighted by Gasteiger charge is 2.30. The standard InChI is InChI=1S/C22H18ClFN6S/c1-12-13(2)31-21-19(12)20(15-4-6-17(23)7-5-15)28-29(22-27-26-14(3)30(21)22)11-16-8-9-25-10-18(16)24/h4-10H,11H2,1-3H3. The van der Waals surface area contributed by atoms with Crippen molar-refractivity contribution in [1.82, 2.24) is 19.7 Å². The van der Waals surface area contributed by atoms with Crippen LogP contribution in [0.25, 0.3) is 5.00 Å². The minimum Gasteiger partial charge on any atom is -0.262 e. The Morgan fingerprint density at radius 1 is 1.06 bits per heavy atom. The number of nitrogens with zero attached hydrogens (tertiary/aromatic N) is 6. The van der Waals surface area contributed by atoms with E-state index in [0.29, 0.717) is 16.5 Å². The molecule has 0 atom stereocenters. The largest absolute Gasteiger partial charge is 0.262 e. The van der Waals surface area contributed by atoms with E-state index in [9.17, 15) is 4.39 Å². The first-order valence-corrected chi connectivity index (χ1v) is 10.9. The van der Waals surface area contributed by atoms with E-state index in [1.807, 2.05) is 35.8 Å². The second-order valence-corrected chi connectivity index (χ2v) is 8.97. The van der Waals surface area contributed by atoms with Gasteiger partial charge in [-0.3, -0.25) is 9.55 Å². The lowest BCUT2D eigenvalue weighted by Crippen LogP contribution is -2.21. The first-order chi connectivity index (χ1) is 14.9. The zero-order valence-corrected chi connectivity index (χ0v) is 18.7. The number of benzene rings is 1. The third kappa shape index (κ3) is 3.32. The van der Waals surface area contributed by atoms with E-state index >= 15 is 0 Å². The van der Waals surface area contributed by atoms with Crippen molar-refractivity contribution >= 4 is 34.6 Å². The average Bonchev–Trinajstić information content (AvgIpc) is 3.22. The van der Waals surface area contributed by atoms with Crippen molar-refractivity contribution in [2.45, 2.75) is 27.3 Å². The highest BCUT2D eigenvalue weighted by atomic mass is 35.5. The predicted molar refractivity (Wildman–Crippen MR) is 121 cm³/mol. The highest BCUT2D eigenvalue weighted by Crippen LogP contribution is 2.38. The van der Waals surface area contributed by atoms with Gasteiger partial charge in [0.25, 0.3) is 5.95 Å². The Bertz CT molecular complexity index is 1320. The quantitative estimate of drug-likeness (QED) is 0.428. The SMILES string of the molecule is Cc1sc2c(c1C)C(c1ccc(Cl)cc1)=NN(Cc1ccncc1F)c1nnc(C)n1-2. The lowest BCUT2D eigenvalue weighted by molar-refractivity contribution is 0.597. The summed E-state index contributed by atoms with van der Waals surface area (Å²) in [6, 6.07) is 9.23. The third-order valence-electron chi connectivity index (χ3n) is 5.36. The van der Waals surface area contributed by atoms with Gasteiger partial charge in [-0.25, -0.2) is 9.40 Å². The number of halogens is 2. The van der Waals surface area contributed by atoms with Gasteiger partial charge in [0, 0.05) is 32.8 Å². The molecule has 1 aliphatic rings. The Hall–Kier alpha value is -3.10. The molecule has 0 radical (unpaired) electrons. The molecule has 31 heavy (non-hydrogen) atoms. The molecule has 4 heterocycles. The first kappa shape index (κ1) is 19.8.